The van der Waals surface area contributed by atoms with Crippen molar-refractivity contribution in [1.29, 1.82) is 0 Å². The fourth-order valence-corrected chi connectivity index (χ4v) is 5.21. The van der Waals surface area contributed by atoms with Crippen molar-refractivity contribution in [3.05, 3.63) is 82.8 Å². The van der Waals surface area contributed by atoms with Gasteiger partial charge in [0, 0.05) is 12.1 Å². The van der Waals surface area contributed by atoms with Gasteiger partial charge in [0.05, 0.1) is 55.5 Å². The molecule has 0 spiro atoms. The zero-order valence-electron chi connectivity index (χ0n) is 28.9. The number of rotatable bonds is 15. The van der Waals surface area contributed by atoms with Crippen LogP contribution in [0.4, 0.5) is 22.7 Å². The molecular weight excluding hydrogens is 715 g/mol. The van der Waals surface area contributed by atoms with Crippen molar-refractivity contribution in [2.75, 3.05) is 39.1 Å². The van der Waals surface area contributed by atoms with Crippen molar-refractivity contribution in [1.82, 2.24) is 0 Å². The number of halogens is 2. The van der Waals surface area contributed by atoms with Crippen molar-refractivity contribution < 1.29 is 38.1 Å². The molecule has 0 fully saturated rings. The molecule has 270 valence electrons. The van der Waals surface area contributed by atoms with Crippen LogP contribution in [0.3, 0.4) is 0 Å². The lowest BCUT2D eigenvalue weighted by atomic mass is 10.0. The summed E-state index contributed by atoms with van der Waals surface area (Å²) in [5.74, 6) is -0.888. The number of azo groups is 2. The van der Waals surface area contributed by atoms with Crippen LogP contribution in [0.25, 0.3) is 11.1 Å². The number of Topliss-reactive ketones (excluding diaryl/α,β-unsaturated/α-hetero) is 2. The molecule has 2 N–H and O–H groups in total. The fraction of sp³-hybridized carbons (Fsp3) is 0.222. The van der Waals surface area contributed by atoms with Crippen LogP contribution in [0.15, 0.2) is 93.3 Å². The van der Waals surface area contributed by atoms with Crippen LogP contribution in [0, 0.1) is 0 Å². The minimum absolute atomic E-state index is 0.0515. The van der Waals surface area contributed by atoms with Gasteiger partial charge in [0.1, 0.15) is 28.7 Å². The van der Waals surface area contributed by atoms with Gasteiger partial charge in [0.15, 0.2) is 11.6 Å². The van der Waals surface area contributed by atoms with Gasteiger partial charge in [-0.1, -0.05) is 35.3 Å². The largest absolute Gasteiger partial charge is 0.497 e. The Morgan fingerprint density at radius 3 is 1.42 bits per heavy atom. The molecular formula is C36H34Cl2N6O8. The number of ketones is 2. The second kappa shape index (κ2) is 17.9. The standard InChI is InChI=1S/C36H34Cl2N6O8/c1-19(45)32(35(47)39-28-17-24(49-3)11-13-30(28)51-5)42-41-23-9-7-21(8-10-23)22-15-26(37)34(27(38)16-22)44-43-33(20(2)46)36(48)40-29-18-25(50-4)12-14-31(29)52-6/h7-18,32-33H,1-6H3,(H,39,47)(H,40,48). The van der Waals surface area contributed by atoms with E-state index in [2.05, 4.69) is 31.1 Å². The van der Waals surface area contributed by atoms with E-state index in [1.807, 2.05) is 0 Å². The van der Waals surface area contributed by atoms with Gasteiger partial charge in [-0.25, -0.2) is 0 Å². The second-order valence-electron chi connectivity index (χ2n) is 10.9. The summed E-state index contributed by atoms with van der Waals surface area (Å²) in [5, 5.41) is 21.6. The van der Waals surface area contributed by atoms with E-state index in [0.29, 0.717) is 45.5 Å². The number of benzene rings is 4. The first-order chi connectivity index (χ1) is 24.9. The van der Waals surface area contributed by atoms with Crippen molar-refractivity contribution in [2.24, 2.45) is 20.5 Å². The summed E-state index contributed by atoms with van der Waals surface area (Å²) in [6.45, 7) is 2.44. The molecule has 2 amide bonds. The third-order valence-corrected chi connectivity index (χ3v) is 7.95. The molecule has 4 aromatic rings. The molecule has 52 heavy (non-hydrogen) atoms. The number of anilines is 2. The van der Waals surface area contributed by atoms with Crippen LogP contribution in [0.1, 0.15) is 13.8 Å². The lowest BCUT2D eigenvalue weighted by molar-refractivity contribution is -0.127. The normalized spacial score (nSPS) is 12.2. The van der Waals surface area contributed by atoms with Gasteiger partial charge in [-0.3, -0.25) is 19.2 Å². The number of nitrogens with zero attached hydrogens (tertiary/aromatic N) is 4. The topological polar surface area (TPSA) is 179 Å². The highest BCUT2D eigenvalue weighted by molar-refractivity contribution is 6.39. The van der Waals surface area contributed by atoms with Crippen LogP contribution in [0.2, 0.25) is 10.0 Å². The van der Waals surface area contributed by atoms with Crippen molar-refractivity contribution in [3.8, 4) is 34.1 Å². The van der Waals surface area contributed by atoms with Gasteiger partial charge in [0.25, 0.3) is 11.8 Å². The third-order valence-electron chi connectivity index (χ3n) is 7.38. The van der Waals surface area contributed by atoms with E-state index in [0.717, 1.165) is 0 Å². The van der Waals surface area contributed by atoms with E-state index in [-0.39, 0.29) is 21.4 Å². The second-order valence-corrected chi connectivity index (χ2v) is 11.7. The molecule has 0 saturated heterocycles. The van der Waals surface area contributed by atoms with Crippen molar-refractivity contribution in [2.45, 2.75) is 25.9 Å². The van der Waals surface area contributed by atoms with Crippen LogP contribution < -0.4 is 29.6 Å². The predicted molar refractivity (Wildman–Crippen MR) is 196 cm³/mol. The Hall–Kier alpha value is -5.86. The fourth-order valence-electron chi connectivity index (χ4n) is 4.65. The van der Waals surface area contributed by atoms with Crippen molar-refractivity contribution >= 4 is 69.3 Å². The molecule has 0 bridgehead atoms. The lowest BCUT2D eigenvalue weighted by Gasteiger charge is -2.14. The molecule has 0 aliphatic carbocycles. The molecule has 0 saturated carbocycles. The first-order valence-electron chi connectivity index (χ1n) is 15.4. The Labute approximate surface area is 309 Å². The highest BCUT2D eigenvalue weighted by Gasteiger charge is 2.26. The Morgan fingerprint density at radius 1 is 0.577 bits per heavy atom. The maximum Gasteiger partial charge on any atom is 0.258 e. The summed E-state index contributed by atoms with van der Waals surface area (Å²) in [6, 6.07) is 16.6. The van der Waals surface area contributed by atoms with Gasteiger partial charge < -0.3 is 29.6 Å². The Morgan fingerprint density at radius 2 is 1.02 bits per heavy atom. The molecule has 4 aromatic carbocycles. The highest BCUT2D eigenvalue weighted by Crippen LogP contribution is 2.39. The third kappa shape index (κ3) is 9.68. The van der Waals surface area contributed by atoms with Gasteiger partial charge in [-0.2, -0.15) is 20.5 Å². The molecule has 16 heteroatoms. The molecule has 0 heterocycles. The maximum atomic E-state index is 13.0. The van der Waals surface area contributed by atoms with E-state index < -0.39 is 35.5 Å². The summed E-state index contributed by atoms with van der Waals surface area (Å²) >= 11 is 13.1. The summed E-state index contributed by atoms with van der Waals surface area (Å²) in [5.41, 5.74) is 2.29. The van der Waals surface area contributed by atoms with Crippen molar-refractivity contribution in [3.63, 3.8) is 0 Å². The zero-order chi connectivity index (χ0) is 37.9. The molecule has 0 radical (unpaired) electrons. The van der Waals surface area contributed by atoms with Crippen LogP contribution in [-0.4, -0.2) is 63.9 Å². The molecule has 0 aliphatic heterocycles. The van der Waals surface area contributed by atoms with E-state index in [4.69, 9.17) is 42.1 Å². The van der Waals surface area contributed by atoms with Gasteiger partial charge >= 0.3 is 0 Å². The average molecular weight is 750 g/mol. The summed E-state index contributed by atoms with van der Waals surface area (Å²) < 4.78 is 21.0. The Balaban J connectivity index is 1.49. The first-order valence-corrected chi connectivity index (χ1v) is 16.1. The summed E-state index contributed by atoms with van der Waals surface area (Å²) in [7, 11) is 5.84. The molecule has 14 nitrogen and oxygen atoms in total. The van der Waals surface area contributed by atoms with E-state index in [9.17, 15) is 19.2 Å². The average Bonchev–Trinajstić information content (AvgIpc) is 3.12. The number of amides is 2. The van der Waals surface area contributed by atoms with Gasteiger partial charge in [-0.15, -0.1) is 0 Å². The number of carbonyl (C=O) groups excluding carboxylic acids is 4. The van der Waals surface area contributed by atoms with Gasteiger partial charge in [0.2, 0.25) is 12.1 Å². The molecule has 2 atom stereocenters. The summed E-state index contributed by atoms with van der Waals surface area (Å²) in [4.78, 5) is 50.7. The van der Waals surface area contributed by atoms with E-state index in [1.54, 1.807) is 66.7 Å². The Bertz CT molecular complexity index is 2010. The number of methoxy groups -OCH3 is 4. The van der Waals surface area contributed by atoms with E-state index >= 15 is 0 Å². The Kier molecular flexibility index (Phi) is 13.4. The first kappa shape index (κ1) is 38.9. The lowest BCUT2D eigenvalue weighted by Crippen LogP contribution is -2.32. The number of ether oxygens (including phenoxy) is 4. The number of hydrogen-bond acceptors (Lipinski definition) is 12. The maximum absolute atomic E-state index is 13.0. The molecule has 2 unspecified atom stereocenters. The number of carbonyl (C=O) groups is 4. The molecule has 4 rings (SSSR count). The summed E-state index contributed by atoms with van der Waals surface area (Å²) in [6.07, 6.45) is 0. The molecule has 0 aromatic heterocycles. The highest BCUT2D eigenvalue weighted by atomic mass is 35.5. The predicted octanol–water partition coefficient (Wildman–Crippen LogP) is 8.05. The van der Waals surface area contributed by atoms with Crippen LogP contribution >= 0.6 is 23.2 Å². The SMILES string of the molecule is COc1ccc(OC)c(NC(=O)C(N=Nc2ccc(-c3cc(Cl)c(N=NC(C(C)=O)C(=O)Nc4cc(OC)ccc4OC)c(Cl)c3)cc2)C(C)=O)c1. The monoisotopic (exact) mass is 748 g/mol. The van der Waals surface area contributed by atoms with Crippen LogP contribution in [-0.2, 0) is 19.2 Å². The quantitative estimate of drug-likeness (QED) is 0.0905. The smallest absolute Gasteiger partial charge is 0.258 e. The van der Waals surface area contributed by atoms with Crippen LogP contribution in [0.5, 0.6) is 23.0 Å². The number of hydrogen-bond donors (Lipinski definition) is 2. The number of nitrogens with one attached hydrogen (secondary N) is 2. The van der Waals surface area contributed by atoms with E-state index in [1.165, 1.54) is 48.4 Å². The minimum Gasteiger partial charge on any atom is -0.497 e. The molecule has 0 aliphatic rings. The van der Waals surface area contributed by atoms with Gasteiger partial charge in [-0.05, 0) is 73.5 Å². The minimum atomic E-state index is -1.51. The zero-order valence-corrected chi connectivity index (χ0v) is 30.4.